The summed E-state index contributed by atoms with van der Waals surface area (Å²) >= 11 is 1.76. The third-order valence-electron chi connectivity index (χ3n) is 4.29. The number of unbranched alkanes of at least 4 members (excludes halogenated alkanes) is 1. The third-order valence-corrected chi connectivity index (χ3v) is 6.21. The first-order valence-electron chi connectivity index (χ1n) is 8.60. The maximum Gasteiger partial charge on any atom is 0.264 e. The van der Waals surface area contributed by atoms with E-state index in [2.05, 4.69) is 42.2 Å². The van der Waals surface area contributed by atoms with Crippen LogP contribution in [0.15, 0.2) is 52.3 Å². The molecule has 0 aliphatic carbocycles. The van der Waals surface area contributed by atoms with Crippen LogP contribution < -0.4 is 4.90 Å². The van der Waals surface area contributed by atoms with E-state index >= 15 is 0 Å². The summed E-state index contributed by atoms with van der Waals surface area (Å²) < 4.78 is 31.1. The van der Waals surface area contributed by atoms with Crippen LogP contribution in [0.2, 0.25) is 0 Å². The van der Waals surface area contributed by atoms with Crippen LogP contribution in [0.1, 0.15) is 31.7 Å². The Bertz CT molecular complexity index is 849. The summed E-state index contributed by atoms with van der Waals surface area (Å²) in [4.78, 5) is 4.55. The quantitative estimate of drug-likeness (QED) is 0.695. The fourth-order valence-electron chi connectivity index (χ4n) is 3.06. The van der Waals surface area contributed by atoms with Crippen molar-refractivity contribution in [3.05, 3.63) is 48.0 Å². The Hall–Kier alpha value is -1.50. The van der Waals surface area contributed by atoms with Crippen molar-refractivity contribution in [3.63, 3.8) is 0 Å². The largest absolute Gasteiger partial charge is 0.340 e. The standard InChI is InChI=1S/C19H23NO3S2/c1-2-3-7-15-10-11-17-19(14-15)24-18-9-5-4-8-16(18)20(17)12-6-13-25(21,22)23/h4-5,8-11,14H,2-3,6-7,12-13H2,1H3,(H,21,22,23). The van der Waals surface area contributed by atoms with Crippen molar-refractivity contribution in [2.75, 3.05) is 17.2 Å². The molecular weight excluding hydrogens is 354 g/mol. The normalized spacial score (nSPS) is 13.4. The Kier molecular flexibility index (Phi) is 5.71. The molecule has 3 rings (SSSR count). The second-order valence-electron chi connectivity index (χ2n) is 6.27. The van der Waals surface area contributed by atoms with Crippen molar-refractivity contribution in [2.24, 2.45) is 0 Å². The number of rotatable bonds is 7. The fraction of sp³-hybridized carbons (Fsp3) is 0.368. The minimum Gasteiger partial charge on any atom is -0.340 e. The van der Waals surface area contributed by atoms with Crippen LogP contribution in [0.25, 0.3) is 0 Å². The van der Waals surface area contributed by atoms with E-state index in [1.165, 1.54) is 28.2 Å². The lowest BCUT2D eigenvalue weighted by Gasteiger charge is -2.33. The van der Waals surface area contributed by atoms with Gasteiger partial charge in [0.1, 0.15) is 0 Å². The zero-order chi connectivity index (χ0) is 17.9. The molecule has 0 spiro atoms. The molecule has 2 aromatic carbocycles. The van der Waals surface area contributed by atoms with Gasteiger partial charge in [0.2, 0.25) is 0 Å². The van der Waals surface area contributed by atoms with Gasteiger partial charge in [-0.25, -0.2) is 0 Å². The zero-order valence-electron chi connectivity index (χ0n) is 14.3. The lowest BCUT2D eigenvalue weighted by atomic mass is 10.1. The topological polar surface area (TPSA) is 57.6 Å². The number of benzene rings is 2. The van der Waals surface area contributed by atoms with Crippen molar-refractivity contribution in [1.29, 1.82) is 0 Å². The van der Waals surface area contributed by atoms with Crippen LogP contribution in [-0.4, -0.2) is 25.3 Å². The van der Waals surface area contributed by atoms with E-state index in [-0.39, 0.29) is 5.75 Å². The molecule has 25 heavy (non-hydrogen) atoms. The molecule has 0 amide bonds. The van der Waals surface area contributed by atoms with E-state index in [1.807, 2.05) is 12.1 Å². The van der Waals surface area contributed by atoms with Crippen molar-refractivity contribution in [3.8, 4) is 0 Å². The monoisotopic (exact) mass is 377 g/mol. The molecule has 0 aromatic heterocycles. The molecule has 2 aromatic rings. The summed E-state index contributed by atoms with van der Waals surface area (Å²) in [6.45, 7) is 2.75. The van der Waals surface area contributed by atoms with Crippen LogP contribution in [-0.2, 0) is 16.5 Å². The molecule has 1 aliphatic heterocycles. The molecule has 1 aliphatic rings. The Morgan fingerprint density at radius 3 is 2.56 bits per heavy atom. The molecule has 0 saturated carbocycles. The lowest BCUT2D eigenvalue weighted by molar-refractivity contribution is 0.481. The van der Waals surface area contributed by atoms with Gasteiger partial charge in [0.15, 0.2) is 0 Å². The predicted molar refractivity (Wildman–Crippen MR) is 104 cm³/mol. The van der Waals surface area contributed by atoms with Gasteiger partial charge < -0.3 is 4.90 Å². The Morgan fingerprint density at radius 2 is 1.80 bits per heavy atom. The van der Waals surface area contributed by atoms with Gasteiger partial charge in [-0.1, -0.05) is 43.3 Å². The smallest absolute Gasteiger partial charge is 0.264 e. The number of nitrogens with zero attached hydrogens (tertiary/aromatic N) is 1. The van der Waals surface area contributed by atoms with E-state index in [4.69, 9.17) is 4.55 Å². The van der Waals surface area contributed by atoms with Crippen LogP contribution in [0.5, 0.6) is 0 Å². The SMILES string of the molecule is CCCCc1ccc2c(c1)Sc1ccccc1N2CCCS(=O)(=O)O. The molecule has 6 heteroatoms. The number of hydrogen-bond acceptors (Lipinski definition) is 4. The van der Waals surface area contributed by atoms with Crippen LogP contribution in [0.3, 0.4) is 0 Å². The van der Waals surface area contributed by atoms with Crippen LogP contribution in [0.4, 0.5) is 11.4 Å². The molecule has 4 nitrogen and oxygen atoms in total. The first-order chi connectivity index (χ1) is 12.0. The van der Waals surface area contributed by atoms with Crippen LogP contribution in [0, 0.1) is 0 Å². The maximum atomic E-state index is 11.0. The van der Waals surface area contributed by atoms with Crippen molar-refractivity contribution < 1.29 is 13.0 Å². The number of fused-ring (bicyclic) bond motifs is 2. The molecule has 0 radical (unpaired) electrons. The van der Waals surface area contributed by atoms with E-state index in [0.717, 1.165) is 17.8 Å². The third kappa shape index (κ3) is 4.57. The number of aryl methyl sites for hydroxylation is 1. The fourth-order valence-corrected chi connectivity index (χ4v) is 4.71. The predicted octanol–water partition coefficient (Wildman–Crippen LogP) is 4.91. The Balaban J connectivity index is 1.89. The van der Waals surface area contributed by atoms with Gasteiger partial charge >= 0.3 is 0 Å². The second kappa shape index (κ2) is 7.81. The average molecular weight is 378 g/mol. The highest BCUT2D eigenvalue weighted by molar-refractivity contribution is 7.99. The first-order valence-corrected chi connectivity index (χ1v) is 11.0. The molecule has 0 unspecified atom stereocenters. The van der Waals surface area contributed by atoms with Crippen molar-refractivity contribution >= 4 is 33.3 Å². The van der Waals surface area contributed by atoms with Gasteiger partial charge in [-0.3, -0.25) is 4.55 Å². The highest BCUT2D eigenvalue weighted by Crippen LogP contribution is 2.48. The summed E-state index contributed by atoms with van der Waals surface area (Å²) in [5.74, 6) is -0.220. The van der Waals surface area contributed by atoms with Crippen LogP contribution >= 0.6 is 11.8 Å². The molecule has 1 N–H and O–H groups in total. The molecule has 0 fully saturated rings. The van der Waals surface area contributed by atoms with Gasteiger partial charge in [0.25, 0.3) is 10.1 Å². The first kappa shape index (κ1) is 18.3. The molecule has 0 saturated heterocycles. The summed E-state index contributed by atoms with van der Waals surface area (Å²) in [6.07, 6.45) is 3.82. The molecule has 0 bridgehead atoms. The second-order valence-corrected chi connectivity index (χ2v) is 8.92. The summed E-state index contributed by atoms with van der Waals surface area (Å²) in [5.41, 5.74) is 3.54. The van der Waals surface area contributed by atoms with E-state index in [9.17, 15) is 8.42 Å². The zero-order valence-corrected chi connectivity index (χ0v) is 15.9. The summed E-state index contributed by atoms with van der Waals surface area (Å²) in [6, 6.07) is 14.7. The number of hydrogen-bond donors (Lipinski definition) is 1. The molecular formula is C19H23NO3S2. The molecule has 0 atom stereocenters. The van der Waals surface area contributed by atoms with Crippen molar-refractivity contribution in [1.82, 2.24) is 0 Å². The highest BCUT2D eigenvalue weighted by atomic mass is 32.2. The number of anilines is 2. The average Bonchev–Trinajstić information content (AvgIpc) is 2.58. The van der Waals surface area contributed by atoms with Gasteiger partial charge in [0, 0.05) is 16.3 Å². The van der Waals surface area contributed by atoms with Gasteiger partial charge in [-0.2, -0.15) is 8.42 Å². The van der Waals surface area contributed by atoms with Gasteiger partial charge in [0.05, 0.1) is 17.1 Å². The summed E-state index contributed by atoms with van der Waals surface area (Å²) in [7, 11) is -3.93. The van der Waals surface area contributed by atoms with E-state index in [1.54, 1.807) is 11.8 Å². The maximum absolute atomic E-state index is 11.0. The van der Waals surface area contributed by atoms with Crippen molar-refractivity contribution in [2.45, 2.75) is 42.4 Å². The Morgan fingerprint density at radius 1 is 1.04 bits per heavy atom. The lowest BCUT2D eigenvalue weighted by Crippen LogP contribution is -2.23. The highest BCUT2D eigenvalue weighted by Gasteiger charge is 2.23. The molecule has 1 heterocycles. The summed E-state index contributed by atoms with van der Waals surface area (Å²) in [5, 5.41) is 0. The van der Waals surface area contributed by atoms with Gasteiger partial charge in [-0.05, 0) is 49.1 Å². The molecule has 134 valence electrons. The number of para-hydroxylation sites is 1. The van der Waals surface area contributed by atoms with E-state index in [0.29, 0.717) is 13.0 Å². The Labute approximate surface area is 154 Å². The van der Waals surface area contributed by atoms with Gasteiger partial charge in [-0.15, -0.1) is 0 Å². The van der Waals surface area contributed by atoms with E-state index < -0.39 is 10.1 Å². The minimum absolute atomic E-state index is 0.220. The minimum atomic E-state index is -3.93.